The molecule has 1 N–H and O–H groups in total. The molecule has 1 aliphatic carbocycles. The molecule has 17 heavy (non-hydrogen) atoms. The lowest BCUT2D eigenvalue weighted by atomic mass is 10.1. The number of methoxy groups -OCH3 is 1. The van der Waals surface area contributed by atoms with Crippen LogP contribution in [0.5, 0.6) is 0 Å². The summed E-state index contributed by atoms with van der Waals surface area (Å²) in [7, 11) is 1.28. The van der Waals surface area contributed by atoms with Crippen LogP contribution in [0.25, 0.3) is 0 Å². The lowest BCUT2D eigenvalue weighted by molar-refractivity contribution is -0.143. The standard InChI is InChI=1S/C12H13ClFNO2/c1-17-12(16)11(15-8-3-4-8)9-6-7(13)2-5-10(9)14/h2,5-6,8,11,15H,3-4H2,1H3. The lowest BCUT2D eigenvalue weighted by Crippen LogP contribution is -2.31. The summed E-state index contributed by atoms with van der Waals surface area (Å²) in [4.78, 5) is 11.6. The van der Waals surface area contributed by atoms with E-state index in [-0.39, 0.29) is 11.6 Å². The minimum atomic E-state index is -0.786. The average Bonchev–Trinajstić information content (AvgIpc) is 3.12. The first-order valence-electron chi connectivity index (χ1n) is 5.40. The normalized spacial score (nSPS) is 16.6. The second-order valence-electron chi connectivity index (χ2n) is 4.06. The van der Waals surface area contributed by atoms with Gasteiger partial charge in [0.15, 0.2) is 0 Å². The summed E-state index contributed by atoms with van der Waals surface area (Å²) in [5, 5.41) is 3.45. The van der Waals surface area contributed by atoms with Gasteiger partial charge in [-0.1, -0.05) is 11.6 Å². The van der Waals surface area contributed by atoms with Gasteiger partial charge in [0.25, 0.3) is 0 Å². The largest absolute Gasteiger partial charge is 0.468 e. The smallest absolute Gasteiger partial charge is 0.327 e. The molecule has 5 heteroatoms. The number of hydrogen-bond donors (Lipinski definition) is 1. The van der Waals surface area contributed by atoms with Crippen LogP contribution in [-0.4, -0.2) is 19.1 Å². The Morgan fingerprint density at radius 3 is 2.88 bits per heavy atom. The first-order valence-corrected chi connectivity index (χ1v) is 5.78. The highest BCUT2D eigenvalue weighted by atomic mass is 35.5. The maximum Gasteiger partial charge on any atom is 0.327 e. The van der Waals surface area contributed by atoms with Crippen molar-refractivity contribution in [3.05, 3.63) is 34.6 Å². The Hall–Kier alpha value is -1.13. The molecule has 0 amide bonds. The van der Waals surface area contributed by atoms with Crippen molar-refractivity contribution < 1.29 is 13.9 Å². The third-order valence-corrected chi connectivity index (χ3v) is 2.92. The summed E-state index contributed by atoms with van der Waals surface area (Å²) in [6, 6.07) is 3.63. The number of hydrogen-bond acceptors (Lipinski definition) is 3. The van der Waals surface area contributed by atoms with Gasteiger partial charge in [0.05, 0.1) is 7.11 Å². The molecule has 0 spiro atoms. The van der Waals surface area contributed by atoms with E-state index in [1.807, 2.05) is 0 Å². The zero-order chi connectivity index (χ0) is 12.4. The van der Waals surface area contributed by atoms with Crippen LogP contribution in [0.15, 0.2) is 18.2 Å². The second-order valence-corrected chi connectivity index (χ2v) is 4.50. The van der Waals surface area contributed by atoms with Crippen molar-refractivity contribution in [1.29, 1.82) is 0 Å². The lowest BCUT2D eigenvalue weighted by Gasteiger charge is -2.17. The monoisotopic (exact) mass is 257 g/mol. The fourth-order valence-corrected chi connectivity index (χ4v) is 1.80. The Bertz CT molecular complexity index is 435. The topological polar surface area (TPSA) is 38.3 Å². The van der Waals surface area contributed by atoms with Crippen LogP contribution < -0.4 is 5.32 Å². The van der Waals surface area contributed by atoms with E-state index in [0.717, 1.165) is 12.8 Å². The van der Waals surface area contributed by atoms with Crippen molar-refractivity contribution in [1.82, 2.24) is 5.32 Å². The Morgan fingerprint density at radius 1 is 1.59 bits per heavy atom. The fourth-order valence-electron chi connectivity index (χ4n) is 1.62. The Balaban J connectivity index is 2.29. The number of benzene rings is 1. The predicted molar refractivity (Wildman–Crippen MR) is 62.3 cm³/mol. The predicted octanol–water partition coefficient (Wildman–Crippen LogP) is 2.45. The van der Waals surface area contributed by atoms with E-state index in [1.165, 1.54) is 25.3 Å². The first-order chi connectivity index (χ1) is 8.11. The maximum atomic E-state index is 13.7. The summed E-state index contributed by atoms with van der Waals surface area (Å²) in [5.74, 6) is -0.962. The molecule has 0 aliphatic heterocycles. The van der Waals surface area contributed by atoms with Gasteiger partial charge in [-0.15, -0.1) is 0 Å². The van der Waals surface area contributed by atoms with Gasteiger partial charge in [0.1, 0.15) is 11.9 Å². The van der Waals surface area contributed by atoms with Crippen molar-refractivity contribution in [3.8, 4) is 0 Å². The highest BCUT2D eigenvalue weighted by molar-refractivity contribution is 6.30. The fraction of sp³-hybridized carbons (Fsp3) is 0.417. The summed E-state index contributed by atoms with van der Waals surface area (Å²) in [6.07, 6.45) is 1.99. The van der Waals surface area contributed by atoms with Crippen molar-refractivity contribution >= 4 is 17.6 Å². The molecule has 0 saturated heterocycles. The summed E-state index contributed by atoms with van der Waals surface area (Å²) in [5.41, 5.74) is 0.233. The Labute approximate surface area is 104 Å². The molecule has 1 fully saturated rings. The van der Waals surface area contributed by atoms with E-state index in [4.69, 9.17) is 11.6 Å². The van der Waals surface area contributed by atoms with Gasteiger partial charge in [0.2, 0.25) is 0 Å². The minimum absolute atomic E-state index is 0.233. The molecule has 92 valence electrons. The molecule has 1 atom stereocenters. The highest BCUT2D eigenvalue weighted by Gasteiger charge is 2.31. The highest BCUT2D eigenvalue weighted by Crippen LogP contribution is 2.27. The number of nitrogens with one attached hydrogen (secondary N) is 1. The zero-order valence-corrected chi connectivity index (χ0v) is 10.1. The van der Waals surface area contributed by atoms with Gasteiger partial charge in [0, 0.05) is 16.6 Å². The van der Waals surface area contributed by atoms with E-state index in [9.17, 15) is 9.18 Å². The third kappa shape index (κ3) is 2.96. The van der Waals surface area contributed by atoms with Crippen LogP contribution in [0.1, 0.15) is 24.4 Å². The summed E-state index contributed by atoms with van der Waals surface area (Å²) >= 11 is 5.81. The number of esters is 1. The van der Waals surface area contributed by atoms with Crippen LogP contribution in [0.2, 0.25) is 5.02 Å². The zero-order valence-electron chi connectivity index (χ0n) is 9.37. The van der Waals surface area contributed by atoms with E-state index >= 15 is 0 Å². The molecular formula is C12H13ClFNO2. The number of halogens is 2. The number of ether oxygens (including phenoxy) is 1. The number of rotatable bonds is 4. The first kappa shape index (κ1) is 12.3. The molecule has 1 aliphatic rings. The quantitative estimate of drug-likeness (QED) is 0.842. The van der Waals surface area contributed by atoms with Crippen molar-refractivity contribution in [2.45, 2.75) is 24.9 Å². The van der Waals surface area contributed by atoms with Crippen LogP contribution >= 0.6 is 11.6 Å². The molecule has 2 rings (SSSR count). The molecule has 1 aromatic carbocycles. The van der Waals surface area contributed by atoms with E-state index in [0.29, 0.717) is 5.02 Å². The molecule has 0 radical (unpaired) electrons. The van der Waals surface area contributed by atoms with E-state index < -0.39 is 17.8 Å². The van der Waals surface area contributed by atoms with Crippen LogP contribution in [0, 0.1) is 5.82 Å². The van der Waals surface area contributed by atoms with Gasteiger partial charge in [-0.25, -0.2) is 9.18 Å². The second kappa shape index (κ2) is 5.02. The van der Waals surface area contributed by atoms with Crippen molar-refractivity contribution in [2.75, 3.05) is 7.11 Å². The van der Waals surface area contributed by atoms with Crippen molar-refractivity contribution in [2.24, 2.45) is 0 Å². The summed E-state index contributed by atoms with van der Waals surface area (Å²) in [6.45, 7) is 0. The average molecular weight is 258 g/mol. The van der Waals surface area contributed by atoms with Gasteiger partial charge in [-0.2, -0.15) is 0 Å². The Kier molecular flexibility index (Phi) is 3.64. The van der Waals surface area contributed by atoms with E-state index in [1.54, 1.807) is 0 Å². The maximum absolute atomic E-state index is 13.7. The van der Waals surface area contributed by atoms with Gasteiger partial charge in [-0.3, -0.25) is 5.32 Å². The van der Waals surface area contributed by atoms with Gasteiger partial charge < -0.3 is 4.74 Å². The molecule has 0 bridgehead atoms. The van der Waals surface area contributed by atoms with Crippen molar-refractivity contribution in [3.63, 3.8) is 0 Å². The third-order valence-electron chi connectivity index (χ3n) is 2.69. The van der Waals surface area contributed by atoms with Crippen LogP contribution in [-0.2, 0) is 9.53 Å². The minimum Gasteiger partial charge on any atom is -0.468 e. The SMILES string of the molecule is COC(=O)C(NC1CC1)c1cc(Cl)ccc1F. The molecule has 1 aromatic rings. The number of carbonyl (C=O) groups is 1. The van der Waals surface area contributed by atoms with E-state index in [2.05, 4.69) is 10.1 Å². The molecule has 0 heterocycles. The molecular weight excluding hydrogens is 245 g/mol. The molecule has 1 saturated carbocycles. The van der Waals surface area contributed by atoms with Crippen LogP contribution in [0.4, 0.5) is 4.39 Å². The molecule has 1 unspecified atom stereocenters. The van der Waals surface area contributed by atoms with Crippen LogP contribution in [0.3, 0.4) is 0 Å². The molecule has 3 nitrogen and oxygen atoms in total. The summed E-state index contributed by atoms with van der Waals surface area (Å²) < 4.78 is 18.4. The molecule has 0 aromatic heterocycles. The van der Waals surface area contributed by atoms with Gasteiger partial charge in [-0.05, 0) is 31.0 Å². The Morgan fingerprint density at radius 2 is 2.29 bits per heavy atom. The van der Waals surface area contributed by atoms with Gasteiger partial charge >= 0.3 is 5.97 Å². The number of carbonyl (C=O) groups excluding carboxylic acids is 1.